The molecule has 0 fully saturated rings. The number of ether oxygens (including phenoxy) is 1. The highest BCUT2D eigenvalue weighted by molar-refractivity contribution is 6.32. The van der Waals surface area contributed by atoms with Crippen LogP contribution in [0, 0.1) is 11.8 Å². The number of rotatable bonds is 6. The maximum atomic E-state index is 6.13. The molecule has 1 aromatic carbocycles. The first-order valence-corrected chi connectivity index (χ1v) is 6.17. The summed E-state index contributed by atoms with van der Waals surface area (Å²) in [6.07, 6.45) is 0.728. The van der Waals surface area contributed by atoms with Crippen molar-refractivity contribution in [2.45, 2.75) is 26.8 Å². The summed E-state index contributed by atoms with van der Waals surface area (Å²) in [6, 6.07) is 5.87. The van der Waals surface area contributed by atoms with Crippen LogP contribution in [0.15, 0.2) is 18.2 Å². The standard InChI is InChI=1S/C14H18ClNO/c1-3-5-6-9-17-14-8-7-12(10-13(14)15)11-16-4-2/h7-8,10,16H,4,6,9,11H2,1-2H3. The van der Waals surface area contributed by atoms with Gasteiger partial charge in [-0.2, -0.15) is 0 Å². The fourth-order valence-electron chi connectivity index (χ4n) is 1.38. The molecule has 0 bridgehead atoms. The van der Waals surface area contributed by atoms with E-state index in [4.69, 9.17) is 16.3 Å². The molecule has 0 aliphatic carbocycles. The molecule has 0 spiro atoms. The van der Waals surface area contributed by atoms with Gasteiger partial charge in [-0.3, -0.25) is 0 Å². The molecule has 0 saturated carbocycles. The Kier molecular flexibility index (Phi) is 6.54. The van der Waals surface area contributed by atoms with E-state index in [9.17, 15) is 0 Å². The minimum absolute atomic E-state index is 0.577. The summed E-state index contributed by atoms with van der Waals surface area (Å²) in [4.78, 5) is 0. The molecular formula is C14H18ClNO. The Labute approximate surface area is 108 Å². The van der Waals surface area contributed by atoms with Gasteiger partial charge in [0.25, 0.3) is 0 Å². The molecule has 0 heterocycles. The van der Waals surface area contributed by atoms with Crippen LogP contribution in [0.3, 0.4) is 0 Å². The molecule has 0 aliphatic rings. The van der Waals surface area contributed by atoms with E-state index in [1.807, 2.05) is 25.1 Å². The van der Waals surface area contributed by atoms with E-state index in [2.05, 4.69) is 24.1 Å². The van der Waals surface area contributed by atoms with Crippen LogP contribution in [0.2, 0.25) is 5.02 Å². The van der Waals surface area contributed by atoms with Gasteiger partial charge in [-0.05, 0) is 31.2 Å². The molecule has 3 heteroatoms. The molecule has 0 saturated heterocycles. The summed E-state index contributed by atoms with van der Waals surface area (Å²) in [5.74, 6) is 6.51. The number of hydrogen-bond donors (Lipinski definition) is 1. The summed E-state index contributed by atoms with van der Waals surface area (Å²) in [5, 5.41) is 3.91. The van der Waals surface area contributed by atoms with Gasteiger partial charge in [0.15, 0.2) is 0 Å². The molecule has 1 N–H and O–H groups in total. The van der Waals surface area contributed by atoms with E-state index in [-0.39, 0.29) is 0 Å². The molecule has 0 unspecified atom stereocenters. The lowest BCUT2D eigenvalue weighted by atomic mass is 10.2. The molecule has 0 radical (unpaired) electrons. The third kappa shape index (κ3) is 5.12. The van der Waals surface area contributed by atoms with Gasteiger partial charge in [-0.1, -0.05) is 24.6 Å². The molecule has 17 heavy (non-hydrogen) atoms. The Bertz CT molecular complexity index is 406. The van der Waals surface area contributed by atoms with Gasteiger partial charge >= 0.3 is 0 Å². The van der Waals surface area contributed by atoms with Crippen LogP contribution in [-0.2, 0) is 6.54 Å². The van der Waals surface area contributed by atoms with E-state index < -0.39 is 0 Å². The smallest absolute Gasteiger partial charge is 0.137 e. The predicted octanol–water partition coefficient (Wildman–Crippen LogP) is 3.24. The second kappa shape index (κ2) is 8.00. The first-order valence-electron chi connectivity index (χ1n) is 5.79. The Hall–Kier alpha value is -1.17. The Morgan fingerprint density at radius 3 is 2.88 bits per heavy atom. The van der Waals surface area contributed by atoms with Gasteiger partial charge in [-0.25, -0.2) is 0 Å². The minimum Gasteiger partial charge on any atom is -0.491 e. The monoisotopic (exact) mass is 251 g/mol. The number of nitrogens with one attached hydrogen (secondary N) is 1. The Morgan fingerprint density at radius 1 is 1.41 bits per heavy atom. The van der Waals surface area contributed by atoms with Crippen LogP contribution in [0.1, 0.15) is 25.8 Å². The second-order valence-corrected chi connectivity index (χ2v) is 3.98. The zero-order valence-corrected chi connectivity index (χ0v) is 11.1. The quantitative estimate of drug-likeness (QED) is 0.619. The van der Waals surface area contributed by atoms with Crippen LogP contribution in [0.25, 0.3) is 0 Å². The van der Waals surface area contributed by atoms with E-state index in [0.29, 0.717) is 11.6 Å². The zero-order chi connectivity index (χ0) is 12.5. The minimum atomic E-state index is 0.577. The molecule has 1 rings (SSSR count). The average Bonchev–Trinajstić information content (AvgIpc) is 2.34. The highest BCUT2D eigenvalue weighted by atomic mass is 35.5. The van der Waals surface area contributed by atoms with Crippen molar-refractivity contribution in [3.63, 3.8) is 0 Å². The van der Waals surface area contributed by atoms with Crippen molar-refractivity contribution >= 4 is 11.6 Å². The molecule has 92 valence electrons. The van der Waals surface area contributed by atoms with Crippen LogP contribution in [0.4, 0.5) is 0 Å². The first kappa shape index (κ1) is 13.9. The van der Waals surface area contributed by atoms with Crippen molar-refractivity contribution < 1.29 is 4.74 Å². The zero-order valence-electron chi connectivity index (χ0n) is 10.3. The highest BCUT2D eigenvalue weighted by Gasteiger charge is 2.02. The lowest BCUT2D eigenvalue weighted by Crippen LogP contribution is -2.11. The van der Waals surface area contributed by atoms with Crippen molar-refractivity contribution in [2.24, 2.45) is 0 Å². The van der Waals surface area contributed by atoms with Gasteiger partial charge < -0.3 is 10.1 Å². The Morgan fingerprint density at radius 2 is 2.24 bits per heavy atom. The number of benzene rings is 1. The fraction of sp³-hybridized carbons (Fsp3) is 0.429. The summed E-state index contributed by atoms with van der Waals surface area (Å²) in [6.45, 7) is 6.26. The third-order valence-corrected chi connectivity index (χ3v) is 2.53. The van der Waals surface area contributed by atoms with E-state index >= 15 is 0 Å². The molecule has 1 aromatic rings. The molecule has 2 nitrogen and oxygen atoms in total. The summed E-state index contributed by atoms with van der Waals surface area (Å²) in [7, 11) is 0. The molecule has 0 aromatic heterocycles. The summed E-state index contributed by atoms with van der Waals surface area (Å²) in [5.41, 5.74) is 1.16. The molecule has 0 aliphatic heterocycles. The largest absolute Gasteiger partial charge is 0.491 e. The van der Waals surface area contributed by atoms with Gasteiger partial charge in [0.1, 0.15) is 5.75 Å². The SMILES string of the molecule is CC#CCCOc1ccc(CNCC)cc1Cl. The summed E-state index contributed by atoms with van der Waals surface area (Å²) >= 11 is 6.13. The van der Waals surface area contributed by atoms with Crippen molar-refractivity contribution in [3.05, 3.63) is 28.8 Å². The van der Waals surface area contributed by atoms with Crippen molar-refractivity contribution in [1.29, 1.82) is 0 Å². The molecular weight excluding hydrogens is 234 g/mol. The maximum absolute atomic E-state index is 6.13. The Balaban J connectivity index is 2.52. The van der Waals surface area contributed by atoms with E-state index in [0.717, 1.165) is 30.8 Å². The van der Waals surface area contributed by atoms with Gasteiger partial charge in [-0.15, -0.1) is 11.8 Å². The lowest BCUT2D eigenvalue weighted by Gasteiger charge is -2.08. The van der Waals surface area contributed by atoms with Crippen LogP contribution < -0.4 is 10.1 Å². The lowest BCUT2D eigenvalue weighted by molar-refractivity contribution is 0.327. The first-order chi connectivity index (χ1) is 8.27. The maximum Gasteiger partial charge on any atom is 0.137 e. The normalized spacial score (nSPS) is 9.59. The van der Waals surface area contributed by atoms with Gasteiger partial charge in [0.05, 0.1) is 11.6 Å². The number of hydrogen-bond acceptors (Lipinski definition) is 2. The molecule has 0 atom stereocenters. The van der Waals surface area contributed by atoms with Gasteiger partial charge in [0, 0.05) is 13.0 Å². The van der Waals surface area contributed by atoms with Crippen molar-refractivity contribution in [1.82, 2.24) is 5.32 Å². The summed E-state index contributed by atoms with van der Waals surface area (Å²) < 4.78 is 5.54. The third-order valence-electron chi connectivity index (χ3n) is 2.24. The van der Waals surface area contributed by atoms with Crippen molar-refractivity contribution in [3.8, 4) is 17.6 Å². The van der Waals surface area contributed by atoms with Gasteiger partial charge in [0.2, 0.25) is 0 Å². The average molecular weight is 252 g/mol. The molecule has 0 amide bonds. The van der Waals surface area contributed by atoms with Crippen LogP contribution in [-0.4, -0.2) is 13.2 Å². The fourth-order valence-corrected chi connectivity index (χ4v) is 1.64. The topological polar surface area (TPSA) is 21.3 Å². The van der Waals surface area contributed by atoms with E-state index in [1.165, 1.54) is 0 Å². The van der Waals surface area contributed by atoms with Crippen molar-refractivity contribution in [2.75, 3.05) is 13.2 Å². The predicted molar refractivity (Wildman–Crippen MR) is 72.4 cm³/mol. The van der Waals surface area contributed by atoms with Crippen LogP contribution >= 0.6 is 11.6 Å². The van der Waals surface area contributed by atoms with E-state index in [1.54, 1.807) is 0 Å². The second-order valence-electron chi connectivity index (χ2n) is 3.57. The number of halogens is 1. The van der Waals surface area contributed by atoms with Crippen LogP contribution in [0.5, 0.6) is 5.75 Å². The highest BCUT2D eigenvalue weighted by Crippen LogP contribution is 2.25.